The Kier molecular flexibility index (Phi) is 3.95. The Morgan fingerprint density at radius 2 is 1.75 bits per heavy atom. The third-order valence-corrected chi connectivity index (χ3v) is 4.51. The Labute approximate surface area is 131 Å². The van der Waals surface area contributed by atoms with Crippen LogP contribution in [0.4, 0.5) is 5.69 Å². The van der Waals surface area contributed by atoms with E-state index in [2.05, 4.69) is 63.7 Å². The van der Waals surface area contributed by atoms with E-state index in [1.54, 1.807) is 0 Å². The number of nitrogens with one attached hydrogen (secondary N) is 1. The summed E-state index contributed by atoms with van der Waals surface area (Å²) in [7, 11) is 0. The van der Waals surface area contributed by atoms with Gasteiger partial charge in [0, 0.05) is 16.7 Å². The van der Waals surface area contributed by atoms with Gasteiger partial charge in [-0.15, -0.1) is 0 Å². The number of halogens is 2. The van der Waals surface area contributed by atoms with E-state index < -0.39 is 0 Å². The SMILES string of the molecule is Clc1cc(NCc2cccc3ccccc23)ccc1Br. The quantitative estimate of drug-likeness (QED) is 0.625. The minimum absolute atomic E-state index is 0.716. The van der Waals surface area contributed by atoms with Crippen LogP contribution in [0.5, 0.6) is 0 Å². The summed E-state index contributed by atoms with van der Waals surface area (Å²) >= 11 is 9.50. The molecule has 0 amide bonds. The molecule has 0 fully saturated rings. The average molecular weight is 347 g/mol. The minimum Gasteiger partial charge on any atom is -0.381 e. The monoisotopic (exact) mass is 345 g/mol. The first kappa shape index (κ1) is 13.5. The van der Waals surface area contributed by atoms with E-state index in [1.807, 2.05) is 18.2 Å². The van der Waals surface area contributed by atoms with Crippen LogP contribution < -0.4 is 5.32 Å². The van der Waals surface area contributed by atoms with Crippen molar-refractivity contribution in [1.29, 1.82) is 0 Å². The molecule has 3 rings (SSSR count). The van der Waals surface area contributed by atoms with Crippen molar-refractivity contribution in [2.24, 2.45) is 0 Å². The molecule has 0 aliphatic rings. The van der Waals surface area contributed by atoms with E-state index in [4.69, 9.17) is 11.6 Å². The molecule has 20 heavy (non-hydrogen) atoms. The van der Waals surface area contributed by atoms with Crippen molar-refractivity contribution in [2.45, 2.75) is 6.54 Å². The summed E-state index contributed by atoms with van der Waals surface area (Å²) in [5.74, 6) is 0. The van der Waals surface area contributed by atoms with Gasteiger partial charge in [-0.3, -0.25) is 0 Å². The zero-order valence-corrected chi connectivity index (χ0v) is 13.1. The first-order valence-corrected chi connectivity index (χ1v) is 7.57. The molecule has 0 atom stereocenters. The molecule has 0 saturated heterocycles. The molecule has 0 aromatic heterocycles. The largest absolute Gasteiger partial charge is 0.381 e. The maximum Gasteiger partial charge on any atom is 0.0568 e. The van der Waals surface area contributed by atoms with Gasteiger partial charge in [0.25, 0.3) is 0 Å². The summed E-state index contributed by atoms with van der Waals surface area (Å²) in [6.07, 6.45) is 0. The van der Waals surface area contributed by atoms with Crippen molar-refractivity contribution < 1.29 is 0 Å². The highest BCUT2D eigenvalue weighted by Crippen LogP contribution is 2.26. The zero-order chi connectivity index (χ0) is 13.9. The number of hydrogen-bond acceptors (Lipinski definition) is 1. The van der Waals surface area contributed by atoms with Crippen LogP contribution in [0.3, 0.4) is 0 Å². The molecule has 1 N–H and O–H groups in total. The molecule has 3 heteroatoms. The smallest absolute Gasteiger partial charge is 0.0568 e. The zero-order valence-electron chi connectivity index (χ0n) is 10.7. The Morgan fingerprint density at radius 1 is 0.950 bits per heavy atom. The molecule has 3 aromatic rings. The Morgan fingerprint density at radius 3 is 2.60 bits per heavy atom. The highest BCUT2D eigenvalue weighted by Gasteiger charge is 2.02. The fraction of sp³-hybridized carbons (Fsp3) is 0.0588. The van der Waals surface area contributed by atoms with Gasteiger partial charge in [-0.1, -0.05) is 54.1 Å². The molecule has 0 heterocycles. The Hall–Kier alpha value is -1.51. The van der Waals surface area contributed by atoms with Crippen molar-refractivity contribution in [2.75, 3.05) is 5.32 Å². The summed E-state index contributed by atoms with van der Waals surface area (Å²) in [5, 5.41) is 6.68. The van der Waals surface area contributed by atoms with Crippen molar-refractivity contribution in [1.82, 2.24) is 0 Å². The van der Waals surface area contributed by atoms with Crippen LogP contribution in [0, 0.1) is 0 Å². The molecular weight excluding hydrogens is 334 g/mol. The first-order chi connectivity index (χ1) is 9.74. The van der Waals surface area contributed by atoms with E-state index in [0.717, 1.165) is 16.7 Å². The van der Waals surface area contributed by atoms with Crippen LogP contribution in [-0.2, 0) is 6.54 Å². The molecule has 3 aromatic carbocycles. The van der Waals surface area contributed by atoms with E-state index in [-0.39, 0.29) is 0 Å². The summed E-state index contributed by atoms with van der Waals surface area (Å²) < 4.78 is 0.912. The predicted octanol–water partition coefficient (Wildman–Crippen LogP) is 5.87. The number of hydrogen-bond donors (Lipinski definition) is 1. The van der Waals surface area contributed by atoms with E-state index in [1.165, 1.54) is 16.3 Å². The average Bonchev–Trinajstić information content (AvgIpc) is 2.48. The molecule has 0 unspecified atom stereocenters. The topological polar surface area (TPSA) is 12.0 Å². The number of fused-ring (bicyclic) bond motifs is 1. The summed E-state index contributed by atoms with van der Waals surface area (Å²) in [6.45, 7) is 0.777. The predicted molar refractivity (Wildman–Crippen MR) is 90.4 cm³/mol. The first-order valence-electron chi connectivity index (χ1n) is 6.39. The molecule has 0 spiro atoms. The number of benzene rings is 3. The fourth-order valence-corrected chi connectivity index (χ4v) is 2.68. The Balaban J connectivity index is 1.85. The van der Waals surface area contributed by atoms with Crippen molar-refractivity contribution >= 4 is 44.0 Å². The lowest BCUT2D eigenvalue weighted by Gasteiger charge is -2.10. The standard InChI is InChI=1S/C17H13BrClN/c18-16-9-8-14(10-17(16)19)20-11-13-6-3-5-12-4-1-2-7-15(12)13/h1-10,20H,11H2. The normalized spacial score (nSPS) is 10.7. The molecule has 0 radical (unpaired) electrons. The van der Waals surface area contributed by atoms with Crippen LogP contribution >= 0.6 is 27.5 Å². The fourth-order valence-electron chi connectivity index (χ4n) is 2.25. The van der Waals surface area contributed by atoms with Crippen molar-refractivity contribution in [3.05, 3.63) is 75.7 Å². The maximum atomic E-state index is 6.10. The second-order valence-electron chi connectivity index (χ2n) is 4.62. The van der Waals surface area contributed by atoms with Crippen molar-refractivity contribution in [3.8, 4) is 0 Å². The summed E-state index contributed by atoms with van der Waals surface area (Å²) in [4.78, 5) is 0. The van der Waals surface area contributed by atoms with Gasteiger partial charge in [0.05, 0.1) is 5.02 Å². The number of rotatable bonds is 3. The van der Waals surface area contributed by atoms with E-state index >= 15 is 0 Å². The van der Waals surface area contributed by atoms with E-state index in [9.17, 15) is 0 Å². The molecule has 0 aliphatic carbocycles. The Bertz CT molecular complexity index is 750. The lowest BCUT2D eigenvalue weighted by molar-refractivity contribution is 1.17. The molecule has 0 bridgehead atoms. The lowest BCUT2D eigenvalue weighted by Crippen LogP contribution is -2.00. The molecule has 1 nitrogen and oxygen atoms in total. The molecule has 0 aliphatic heterocycles. The number of anilines is 1. The van der Waals surface area contributed by atoms with Gasteiger partial charge in [-0.05, 0) is 50.5 Å². The van der Waals surface area contributed by atoms with Crippen LogP contribution in [0.15, 0.2) is 65.1 Å². The highest BCUT2D eigenvalue weighted by molar-refractivity contribution is 9.10. The van der Waals surface area contributed by atoms with Gasteiger partial charge in [0.2, 0.25) is 0 Å². The van der Waals surface area contributed by atoms with Gasteiger partial charge in [-0.25, -0.2) is 0 Å². The highest BCUT2D eigenvalue weighted by atomic mass is 79.9. The third kappa shape index (κ3) is 2.82. The van der Waals surface area contributed by atoms with Crippen molar-refractivity contribution in [3.63, 3.8) is 0 Å². The van der Waals surface area contributed by atoms with Crippen LogP contribution in [0.25, 0.3) is 10.8 Å². The van der Waals surface area contributed by atoms with Gasteiger partial charge < -0.3 is 5.32 Å². The van der Waals surface area contributed by atoms with Crippen LogP contribution in [0.2, 0.25) is 5.02 Å². The van der Waals surface area contributed by atoms with Gasteiger partial charge in [0.1, 0.15) is 0 Å². The maximum absolute atomic E-state index is 6.10. The summed E-state index contributed by atoms with van der Waals surface area (Å²) in [6, 6.07) is 20.7. The summed E-state index contributed by atoms with van der Waals surface area (Å²) in [5.41, 5.74) is 2.30. The lowest BCUT2D eigenvalue weighted by atomic mass is 10.0. The van der Waals surface area contributed by atoms with Crippen LogP contribution in [-0.4, -0.2) is 0 Å². The molecule has 0 saturated carbocycles. The third-order valence-electron chi connectivity index (χ3n) is 3.28. The minimum atomic E-state index is 0.716. The van der Waals surface area contributed by atoms with Gasteiger partial charge in [-0.2, -0.15) is 0 Å². The van der Waals surface area contributed by atoms with Crippen LogP contribution in [0.1, 0.15) is 5.56 Å². The van der Waals surface area contributed by atoms with E-state index in [0.29, 0.717) is 5.02 Å². The molecular formula is C17H13BrClN. The second-order valence-corrected chi connectivity index (χ2v) is 5.88. The second kappa shape index (κ2) is 5.86. The van der Waals surface area contributed by atoms with Gasteiger partial charge >= 0.3 is 0 Å². The van der Waals surface area contributed by atoms with Gasteiger partial charge in [0.15, 0.2) is 0 Å². The molecule has 100 valence electrons.